The molecule has 0 bridgehead atoms. The second-order valence-electron chi connectivity index (χ2n) is 6.04. The van der Waals surface area contributed by atoms with Crippen LogP contribution < -0.4 is 4.83 Å². The average Bonchev–Trinajstić information content (AvgIpc) is 2.99. The largest absolute Gasteiger partial charge is 0.282 e. The van der Waals surface area contributed by atoms with Gasteiger partial charge in [-0.1, -0.05) is 23.8 Å². The standard InChI is InChI=1S/C17H19F2N3O2S/c1-12-7-5-6-10-14(12)16-11-15(17(18)19)20-22(16)21-25(23,24)13-8-3-2-4-9-13/h2-4,8-9,11,17,21H,5-7,10H2,1H3. The molecule has 0 saturated heterocycles. The van der Waals surface area contributed by atoms with Crippen molar-refractivity contribution in [3.63, 3.8) is 0 Å². The smallest absolute Gasteiger partial charge is 0.203 e. The first-order chi connectivity index (χ1) is 11.9. The average molecular weight is 367 g/mol. The molecule has 25 heavy (non-hydrogen) atoms. The molecule has 1 aliphatic carbocycles. The van der Waals surface area contributed by atoms with Gasteiger partial charge in [0.05, 0.1) is 10.6 Å². The first-order valence-electron chi connectivity index (χ1n) is 8.03. The van der Waals surface area contributed by atoms with Crippen LogP contribution in [0.3, 0.4) is 0 Å². The van der Waals surface area contributed by atoms with Gasteiger partial charge in [0, 0.05) is 0 Å². The molecule has 0 unspecified atom stereocenters. The van der Waals surface area contributed by atoms with Crippen LogP contribution in [0.2, 0.25) is 0 Å². The molecule has 0 atom stereocenters. The van der Waals surface area contributed by atoms with Crippen molar-refractivity contribution in [2.24, 2.45) is 0 Å². The fourth-order valence-corrected chi connectivity index (χ4v) is 3.95. The number of nitrogens with one attached hydrogen (secondary N) is 1. The lowest BCUT2D eigenvalue weighted by molar-refractivity contribution is 0.145. The Kier molecular flexibility index (Phi) is 4.89. The molecule has 134 valence electrons. The maximum atomic E-state index is 13.1. The van der Waals surface area contributed by atoms with E-state index in [1.54, 1.807) is 18.2 Å². The minimum atomic E-state index is -3.92. The second-order valence-corrected chi connectivity index (χ2v) is 7.70. The Morgan fingerprint density at radius 2 is 1.84 bits per heavy atom. The molecule has 3 rings (SSSR count). The summed E-state index contributed by atoms with van der Waals surface area (Å²) >= 11 is 0. The Bertz CT molecular complexity index is 890. The molecule has 0 amide bonds. The summed E-state index contributed by atoms with van der Waals surface area (Å²) in [5, 5.41) is 3.77. The molecule has 0 fully saturated rings. The maximum Gasteiger partial charge on any atom is 0.282 e. The van der Waals surface area contributed by atoms with Gasteiger partial charge in [0.2, 0.25) is 0 Å². The summed E-state index contributed by atoms with van der Waals surface area (Å²) in [4.78, 5) is 3.32. The maximum absolute atomic E-state index is 13.1. The first-order valence-corrected chi connectivity index (χ1v) is 9.52. The van der Waals surface area contributed by atoms with E-state index in [0.29, 0.717) is 12.1 Å². The third-order valence-electron chi connectivity index (χ3n) is 4.26. The lowest BCUT2D eigenvalue weighted by Crippen LogP contribution is -2.26. The molecule has 2 aromatic rings. The summed E-state index contributed by atoms with van der Waals surface area (Å²) in [5.41, 5.74) is 1.89. The highest BCUT2D eigenvalue weighted by Gasteiger charge is 2.23. The fourth-order valence-electron chi connectivity index (χ4n) is 2.96. The first kappa shape index (κ1) is 17.6. The third kappa shape index (κ3) is 3.73. The van der Waals surface area contributed by atoms with Crippen molar-refractivity contribution in [3.8, 4) is 0 Å². The van der Waals surface area contributed by atoms with E-state index in [1.807, 2.05) is 6.92 Å². The van der Waals surface area contributed by atoms with E-state index in [-0.39, 0.29) is 4.90 Å². The van der Waals surface area contributed by atoms with Crippen LogP contribution in [0.4, 0.5) is 8.78 Å². The molecule has 1 heterocycles. The number of allylic oxidation sites excluding steroid dienone is 2. The summed E-state index contributed by atoms with van der Waals surface area (Å²) < 4.78 is 51.3. The summed E-state index contributed by atoms with van der Waals surface area (Å²) in [6, 6.07) is 9.02. The van der Waals surface area contributed by atoms with Crippen LogP contribution in [-0.2, 0) is 10.0 Å². The minimum Gasteiger partial charge on any atom is -0.203 e. The van der Waals surface area contributed by atoms with E-state index < -0.39 is 22.1 Å². The van der Waals surface area contributed by atoms with Crippen molar-refractivity contribution in [1.29, 1.82) is 0 Å². The van der Waals surface area contributed by atoms with Gasteiger partial charge in [-0.05, 0) is 56.4 Å². The van der Waals surface area contributed by atoms with Crippen LogP contribution in [0.25, 0.3) is 5.57 Å². The van der Waals surface area contributed by atoms with Crippen LogP contribution >= 0.6 is 0 Å². The van der Waals surface area contributed by atoms with E-state index in [2.05, 4.69) is 9.93 Å². The lowest BCUT2D eigenvalue weighted by Gasteiger charge is -2.19. The molecule has 1 aliphatic rings. The zero-order valence-corrected chi connectivity index (χ0v) is 14.6. The van der Waals surface area contributed by atoms with Crippen LogP contribution in [0, 0.1) is 0 Å². The Balaban J connectivity index is 2.04. The molecule has 0 saturated carbocycles. The Morgan fingerprint density at radius 3 is 2.48 bits per heavy atom. The van der Waals surface area contributed by atoms with E-state index in [4.69, 9.17) is 0 Å². The van der Waals surface area contributed by atoms with Crippen LogP contribution in [0.15, 0.2) is 46.9 Å². The van der Waals surface area contributed by atoms with Crippen molar-refractivity contribution in [1.82, 2.24) is 9.89 Å². The Morgan fingerprint density at radius 1 is 1.16 bits per heavy atom. The van der Waals surface area contributed by atoms with E-state index in [0.717, 1.165) is 35.2 Å². The molecular formula is C17H19F2N3O2S. The number of sulfonamides is 1. The van der Waals surface area contributed by atoms with Crippen LogP contribution in [0.5, 0.6) is 0 Å². The summed E-state index contributed by atoms with van der Waals surface area (Å²) in [6.07, 6.45) is 0.794. The lowest BCUT2D eigenvalue weighted by atomic mass is 9.91. The zero-order chi connectivity index (χ0) is 18.0. The van der Waals surface area contributed by atoms with Gasteiger partial charge in [0.25, 0.3) is 16.4 Å². The van der Waals surface area contributed by atoms with Gasteiger partial charge >= 0.3 is 0 Å². The molecule has 1 aromatic carbocycles. The number of halogens is 2. The highest BCUT2D eigenvalue weighted by Crippen LogP contribution is 2.33. The Labute approximate surface area is 145 Å². The van der Waals surface area contributed by atoms with Crippen molar-refractivity contribution in [2.45, 2.75) is 43.9 Å². The van der Waals surface area contributed by atoms with Gasteiger partial charge in [0.1, 0.15) is 5.69 Å². The molecule has 1 aromatic heterocycles. The molecule has 0 aliphatic heterocycles. The minimum absolute atomic E-state index is 0.0457. The molecular weight excluding hydrogens is 348 g/mol. The van der Waals surface area contributed by atoms with E-state index in [1.165, 1.54) is 18.2 Å². The fraction of sp³-hybridized carbons (Fsp3) is 0.353. The number of rotatable bonds is 5. The predicted octanol–water partition coefficient (Wildman–Crippen LogP) is 4.10. The van der Waals surface area contributed by atoms with E-state index in [9.17, 15) is 17.2 Å². The van der Waals surface area contributed by atoms with Gasteiger partial charge in [-0.25, -0.2) is 8.78 Å². The molecule has 0 radical (unpaired) electrons. The van der Waals surface area contributed by atoms with Gasteiger partial charge in [-0.2, -0.15) is 23.1 Å². The zero-order valence-electron chi connectivity index (χ0n) is 13.7. The normalized spacial score (nSPS) is 15.7. The number of hydrogen-bond donors (Lipinski definition) is 1. The number of benzene rings is 1. The molecule has 1 N–H and O–H groups in total. The third-order valence-corrected chi connectivity index (χ3v) is 5.57. The topological polar surface area (TPSA) is 64.0 Å². The van der Waals surface area contributed by atoms with Gasteiger partial charge in [-0.15, -0.1) is 0 Å². The summed E-state index contributed by atoms with van der Waals surface area (Å²) in [7, 11) is -3.92. The van der Waals surface area contributed by atoms with Gasteiger partial charge in [0.15, 0.2) is 0 Å². The molecule has 0 spiro atoms. The highest BCUT2D eigenvalue weighted by molar-refractivity contribution is 7.92. The monoisotopic (exact) mass is 367 g/mol. The number of alkyl halides is 2. The van der Waals surface area contributed by atoms with Crippen LogP contribution in [0.1, 0.15) is 50.4 Å². The molecule has 8 heteroatoms. The number of aromatic nitrogens is 2. The number of nitrogens with zero attached hydrogens (tertiary/aromatic N) is 2. The second kappa shape index (κ2) is 6.95. The van der Waals surface area contributed by atoms with Crippen molar-refractivity contribution in [2.75, 3.05) is 4.83 Å². The van der Waals surface area contributed by atoms with Crippen molar-refractivity contribution >= 4 is 15.6 Å². The van der Waals surface area contributed by atoms with Crippen molar-refractivity contribution < 1.29 is 17.2 Å². The molecule has 5 nitrogen and oxygen atoms in total. The van der Waals surface area contributed by atoms with E-state index >= 15 is 0 Å². The van der Waals surface area contributed by atoms with Crippen molar-refractivity contribution in [3.05, 3.63) is 53.4 Å². The SMILES string of the molecule is CC1=C(c2cc(C(F)F)nn2NS(=O)(=O)c2ccccc2)CCCC1. The van der Waals surface area contributed by atoms with Gasteiger partial charge < -0.3 is 0 Å². The Hall–Kier alpha value is -2.22. The number of hydrogen-bond acceptors (Lipinski definition) is 3. The quantitative estimate of drug-likeness (QED) is 0.865. The summed E-state index contributed by atoms with van der Waals surface area (Å²) in [5.74, 6) is 0. The highest BCUT2D eigenvalue weighted by atomic mass is 32.2. The van der Waals surface area contributed by atoms with Crippen LogP contribution in [-0.4, -0.2) is 18.3 Å². The van der Waals surface area contributed by atoms with Gasteiger partial charge in [-0.3, -0.25) is 0 Å². The predicted molar refractivity (Wildman–Crippen MR) is 91.2 cm³/mol. The summed E-state index contributed by atoms with van der Waals surface area (Å²) in [6.45, 7) is 1.94.